The summed E-state index contributed by atoms with van der Waals surface area (Å²) in [6.07, 6.45) is 9.80. The van der Waals surface area contributed by atoms with Gasteiger partial charge < -0.3 is 10.2 Å². The van der Waals surface area contributed by atoms with Crippen molar-refractivity contribution in [2.75, 3.05) is 0 Å². The van der Waals surface area contributed by atoms with E-state index < -0.39 is 34.7 Å². The van der Waals surface area contributed by atoms with Crippen LogP contribution in [-0.4, -0.2) is 33.1 Å². The third kappa shape index (κ3) is 11.6. The van der Waals surface area contributed by atoms with Crippen LogP contribution in [0.25, 0.3) is 0 Å². The van der Waals surface area contributed by atoms with Crippen LogP contribution in [0.4, 0.5) is 0 Å². The Balaban J connectivity index is 4.77. The molecule has 0 bridgehead atoms. The first-order chi connectivity index (χ1) is 12.8. The Morgan fingerprint density at radius 3 is 1.70 bits per heavy atom. The second-order valence-corrected chi connectivity index (χ2v) is 7.47. The average Bonchev–Trinajstić information content (AvgIpc) is 2.60. The van der Waals surface area contributed by atoms with Gasteiger partial charge >= 0.3 is 11.9 Å². The smallest absolute Gasteiger partial charge is 0.307 e. The zero-order valence-electron chi connectivity index (χ0n) is 16.9. The first kappa shape index (κ1) is 25.3. The van der Waals surface area contributed by atoms with Gasteiger partial charge in [-0.3, -0.25) is 19.7 Å². The second kappa shape index (κ2) is 15.4. The lowest BCUT2D eigenvalue weighted by atomic mass is 9.82. The van der Waals surface area contributed by atoms with Gasteiger partial charge in [-0.15, -0.1) is 0 Å². The highest BCUT2D eigenvalue weighted by Crippen LogP contribution is 2.27. The van der Waals surface area contributed by atoms with Gasteiger partial charge in [0, 0.05) is 17.8 Å². The fourth-order valence-electron chi connectivity index (χ4n) is 3.49. The first-order valence-corrected chi connectivity index (χ1v) is 10.4. The van der Waals surface area contributed by atoms with Crippen molar-refractivity contribution in [1.29, 1.82) is 0 Å². The molecule has 0 saturated carbocycles. The normalized spacial score (nSPS) is 14.4. The number of aliphatic carboxylic acids is 2. The molecule has 0 spiro atoms. The molecule has 0 fully saturated rings. The minimum Gasteiger partial charge on any atom is -0.481 e. The van der Waals surface area contributed by atoms with Gasteiger partial charge in [0.15, 0.2) is 0 Å². The van der Waals surface area contributed by atoms with E-state index >= 15 is 0 Å². The maximum atomic E-state index is 11.7. The monoisotopic (exact) mass is 387 g/mol. The molecule has 0 aromatic rings. The van der Waals surface area contributed by atoms with Gasteiger partial charge in [0.1, 0.15) is 0 Å². The molecule has 2 N–H and O–H groups in total. The summed E-state index contributed by atoms with van der Waals surface area (Å²) in [6, 6.07) is -0.991. The SMILES string of the molecule is CCCCCCCCC(CC(C(=O)O)C(CCCCCC)C(=O)O)[N+](=O)[O-]. The Hall–Kier alpha value is -1.66. The van der Waals surface area contributed by atoms with Crippen LogP contribution in [0, 0.1) is 22.0 Å². The number of hydrogen-bond donors (Lipinski definition) is 2. The number of unbranched alkanes of at least 4 members (excludes halogenated alkanes) is 8. The molecule has 7 nitrogen and oxygen atoms in total. The molecule has 3 unspecified atom stereocenters. The fraction of sp³-hybridized carbons (Fsp3) is 0.900. The molecule has 27 heavy (non-hydrogen) atoms. The third-order valence-electron chi connectivity index (χ3n) is 5.20. The van der Waals surface area contributed by atoms with Crippen LogP contribution >= 0.6 is 0 Å². The van der Waals surface area contributed by atoms with E-state index in [9.17, 15) is 29.9 Å². The van der Waals surface area contributed by atoms with E-state index in [4.69, 9.17) is 0 Å². The molecule has 0 heterocycles. The molecular formula is C20H37NO6. The van der Waals surface area contributed by atoms with Crippen LogP contribution in [0.15, 0.2) is 0 Å². The zero-order valence-corrected chi connectivity index (χ0v) is 16.9. The summed E-state index contributed by atoms with van der Waals surface area (Å²) in [5.74, 6) is -4.68. The maximum absolute atomic E-state index is 11.7. The van der Waals surface area contributed by atoms with Crippen molar-refractivity contribution in [3.05, 3.63) is 10.1 Å². The van der Waals surface area contributed by atoms with Crippen molar-refractivity contribution >= 4 is 11.9 Å². The minimum atomic E-state index is -1.24. The van der Waals surface area contributed by atoms with Crippen molar-refractivity contribution < 1.29 is 24.7 Å². The summed E-state index contributed by atoms with van der Waals surface area (Å²) in [5.41, 5.74) is 0. The standard InChI is InChI=1S/C20H37NO6/c1-3-5-7-9-10-11-13-16(21(26)27)15-18(20(24)25)17(19(22)23)14-12-8-6-4-2/h16-18H,3-15H2,1-2H3,(H,22,23)(H,24,25). The number of nitrogens with zero attached hydrogens (tertiary/aromatic N) is 1. The topological polar surface area (TPSA) is 118 Å². The number of rotatable bonds is 18. The highest BCUT2D eigenvalue weighted by molar-refractivity contribution is 5.79. The number of carboxylic acids is 2. The molecule has 158 valence electrons. The van der Waals surface area contributed by atoms with E-state index in [0.717, 1.165) is 51.4 Å². The van der Waals surface area contributed by atoms with Gasteiger partial charge in [-0.2, -0.15) is 0 Å². The number of carboxylic acid groups (broad SMARTS) is 2. The van der Waals surface area contributed by atoms with Crippen LogP contribution in [0.2, 0.25) is 0 Å². The number of nitro groups is 1. The fourth-order valence-corrected chi connectivity index (χ4v) is 3.49. The molecule has 7 heteroatoms. The highest BCUT2D eigenvalue weighted by Gasteiger charge is 2.38. The van der Waals surface area contributed by atoms with Crippen LogP contribution in [0.1, 0.15) is 97.3 Å². The molecule has 0 aliphatic rings. The van der Waals surface area contributed by atoms with Gasteiger partial charge in [0.25, 0.3) is 0 Å². The largest absolute Gasteiger partial charge is 0.481 e. The van der Waals surface area contributed by atoms with Gasteiger partial charge in [0.05, 0.1) is 11.8 Å². The molecule has 0 amide bonds. The lowest BCUT2D eigenvalue weighted by molar-refractivity contribution is -0.525. The van der Waals surface area contributed by atoms with Crippen LogP contribution in [0.3, 0.4) is 0 Å². The Morgan fingerprint density at radius 1 is 0.778 bits per heavy atom. The summed E-state index contributed by atoms with van der Waals surface area (Å²) < 4.78 is 0. The summed E-state index contributed by atoms with van der Waals surface area (Å²) in [6.45, 7) is 4.16. The Bertz CT molecular complexity index is 440. The van der Waals surface area contributed by atoms with Gasteiger partial charge in [0.2, 0.25) is 6.04 Å². The van der Waals surface area contributed by atoms with Crippen molar-refractivity contribution in [2.45, 2.75) is 103 Å². The molecule has 0 saturated heterocycles. The summed E-state index contributed by atoms with van der Waals surface area (Å²) in [4.78, 5) is 34.2. The van der Waals surface area contributed by atoms with Crippen molar-refractivity contribution in [2.24, 2.45) is 11.8 Å². The molecule has 0 radical (unpaired) electrons. The lowest BCUT2D eigenvalue weighted by Gasteiger charge is -2.22. The van der Waals surface area contributed by atoms with Gasteiger partial charge in [-0.05, 0) is 12.8 Å². The van der Waals surface area contributed by atoms with E-state index in [2.05, 4.69) is 6.92 Å². The lowest BCUT2D eigenvalue weighted by Crippen LogP contribution is -2.35. The predicted molar refractivity (Wildman–Crippen MR) is 104 cm³/mol. The average molecular weight is 388 g/mol. The van der Waals surface area contributed by atoms with Gasteiger partial charge in [-0.25, -0.2) is 0 Å². The molecule has 0 aromatic carbocycles. The molecule has 0 aliphatic heterocycles. The number of carbonyl (C=O) groups is 2. The van der Waals surface area contributed by atoms with Gasteiger partial charge in [-0.1, -0.05) is 71.6 Å². The quantitative estimate of drug-likeness (QED) is 0.191. The summed E-state index contributed by atoms with van der Waals surface area (Å²) >= 11 is 0. The molecule has 0 aliphatic carbocycles. The van der Waals surface area contributed by atoms with Crippen LogP contribution < -0.4 is 0 Å². The van der Waals surface area contributed by atoms with E-state index in [1.165, 1.54) is 0 Å². The van der Waals surface area contributed by atoms with E-state index in [0.29, 0.717) is 19.3 Å². The first-order valence-electron chi connectivity index (χ1n) is 10.4. The van der Waals surface area contributed by atoms with Crippen molar-refractivity contribution in [1.82, 2.24) is 0 Å². The highest BCUT2D eigenvalue weighted by atomic mass is 16.6. The Morgan fingerprint density at radius 2 is 1.22 bits per heavy atom. The molecular weight excluding hydrogens is 350 g/mol. The van der Waals surface area contributed by atoms with Crippen molar-refractivity contribution in [3.63, 3.8) is 0 Å². The van der Waals surface area contributed by atoms with Crippen LogP contribution in [-0.2, 0) is 9.59 Å². The Kier molecular flexibility index (Phi) is 14.5. The second-order valence-electron chi connectivity index (χ2n) is 7.47. The summed E-state index contributed by atoms with van der Waals surface area (Å²) in [5, 5.41) is 30.4. The molecule has 0 aromatic heterocycles. The third-order valence-corrected chi connectivity index (χ3v) is 5.20. The summed E-state index contributed by atoms with van der Waals surface area (Å²) in [7, 11) is 0. The zero-order chi connectivity index (χ0) is 20.7. The van der Waals surface area contributed by atoms with Crippen molar-refractivity contribution in [3.8, 4) is 0 Å². The Labute approximate surface area is 162 Å². The van der Waals surface area contributed by atoms with E-state index in [1.807, 2.05) is 6.92 Å². The predicted octanol–water partition coefficient (Wildman–Crippen LogP) is 5.14. The molecule has 0 rings (SSSR count). The number of hydrogen-bond acceptors (Lipinski definition) is 4. The van der Waals surface area contributed by atoms with E-state index in [1.54, 1.807) is 0 Å². The van der Waals surface area contributed by atoms with Crippen LogP contribution in [0.5, 0.6) is 0 Å². The maximum Gasteiger partial charge on any atom is 0.307 e. The van der Waals surface area contributed by atoms with E-state index in [-0.39, 0.29) is 12.8 Å². The molecule has 3 atom stereocenters. The minimum absolute atomic E-state index is 0.206.